The number of allylic oxidation sites excluding steroid dienone is 2. The van der Waals surface area contributed by atoms with Crippen molar-refractivity contribution in [2.45, 2.75) is 149 Å². The van der Waals surface area contributed by atoms with Gasteiger partial charge in [0.05, 0.1) is 0 Å². The van der Waals surface area contributed by atoms with Crippen LogP contribution in [0.15, 0.2) is 12.2 Å². The molecule has 0 spiro atoms. The Bertz CT molecular complexity index is 394. The Kier molecular flexibility index (Phi) is 24.5. The van der Waals surface area contributed by atoms with Gasteiger partial charge in [-0.15, -0.1) is 0 Å². The van der Waals surface area contributed by atoms with E-state index in [0.717, 1.165) is 19.3 Å². The van der Waals surface area contributed by atoms with E-state index in [1.807, 2.05) is 0 Å². The summed E-state index contributed by atoms with van der Waals surface area (Å²) in [6, 6.07) is 0. The van der Waals surface area contributed by atoms with Crippen molar-refractivity contribution in [3.8, 4) is 0 Å². The van der Waals surface area contributed by atoms with E-state index < -0.39 is 6.09 Å². The van der Waals surface area contributed by atoms with E-state index >= 15 is 0 Å². The third-order valence-electron chi connectivity index (χ3n) is 6.24. The Hall–Kier alpha value is -0.990. The molecule has 0 fully saturated rings. The van der Waals surface area contributed by atoms with E-state index in [4.69, 9.17) is 0 Å². The summed E-state index contributed by atoms with van der Waals surface area (Å²) in [5.41, 5.74) is 0. The van der Waals surface area contributed by atoms with Gasteiger partial charge in [0, 0.05) is 13.1 Å². The second-order valence-electron chi connectivity index (χ2n) is 9.33. The number of unbranched alkanes of at least 4 members (excludes halogenated alkanes) is 18. The van der Waals surface area contributed by atoms with Gasteiger partial charge in [-0.1, -0.05) is 122 Å². The minimum atomic E-state index is -0.737. The molecular formula is C28H55NO2. The summed E-state index contributed by atoms with van der Waals surface area (Å²) in [4.78, 5) is 13.1. The van der Waals surface area contributed by atoms with Crippen molar-refractivity contribution in [2.75, 3.05) is 13.1 Å². The molecule has 0 saturated heterocycles. The summed E-state index contributed by atoms with van der Waals surface area (Å²) >= 11 is 0. The fourth-order valence-electron chi connectivity index (χ4n) is 4.11. The molecule has 0 unspecified atom stereocenters. The molecule has 0 saturated carbocycles. The highest BCUT2D eigenvalue weighted by Crippen LogP contribution is 2.11. The van der Waals surface area contributed by atoms with Crippen LogP contribution in [0.4, 0.5) is 4.79 Å². The predicted molar refractivity (Wildman–Crippen MR) is 137 cm³/mol. The van der Waals surface area contributed by atoms with Gasteiger partial charge in [0.2, 0.25) is 0 Å². The zero-order chi connectivity index (χ0) is 22.8. The summed E-state index contributed by atoms with van der Waals surface area (Å²) in [6.07, 6.45) is 30.8. The number of amides is 1. The smallest absolute Gasteiger partial charge is 0.407 e. The average Bonchev–Trinajstić information content (AvgIpc) is 2.76. The number of carbonyl (C=O) groups is 1. The van der Waals surface area contributed by atoms with Gasteiger partial charge < -0.3 is 10.0 Å². The van der Waals surface area contributed by atoms with E-state index in [9.17, 15) is 9.90 Å². The van der Waals surface area contributed by atoms with Gasteiger partial charge in [-0.05, 0) is 38.5 Å². The lowest BCUT2D eigenvalue weighted by molar-refractivity contribution is 0.143. The molecule has 0 aliphatic carbocycles. The van der Waals surface area contributed by atoms with Crippen molar-refractivity contribution in [3.05, 3.63) is 12.2 Å². The maximum Gasteiger partial charge on any atom is 0.407 e. The van der Waals surface area contributed by atoms with Crippen LogP contribution in [-0.2, 0) is 0 Å². The lowest BCUT2D eigenvalue weighted by Gasteiger charge is -2.19. The minimum absolute atomic E-state index is 0.715. The van der Waals surface area contributed by atoms with Crippen LogP contribution >= 0.6 is 0 Å². The zero-order valence-electron chi connectivity index (χ0n) is 21.2. The van der Waals surface area contributed by atoms with Crippen molar-refractivity contribution in [3.63, 3.8) is 0 Å². The summed E-state index contributed by atoms with van der Waals surface area (Å²) < 4.78 is 0. The van der Waals surface area contributed by atoms with E-state index in [0.29, 0.717) is 13.1 Å². The first-order chi connectivity index (χ1) is 15.2. The largest absolute Gasteiger partial charge is 0.465 e. The van der Waals surface area contributed by atoms with Crippen LogP contribution in [0.2, 0.25) is 0 Å². The van der Waals surface area contributed by atoms with Crippen LogP contribution in [0.3, 0.4) is 0 Å². The average molecular weight is 438 g/mol. The van der Waals surface area contributed by atoms with Gasteiger partial charge >= 0.3 is 6.09 Å². The fourth-order valence-corrected chi connectivity index (χ4v) is 4.11. The highest BCUT2D eigenvalue weighted by molar-refractivity contribution is 5.64. The second kappa shape index (κ2) is 25.3. The van der Waals surface area contributed by atoms with Crippen LogP contribution in [0, 0.1) is 0 Å². The number of nitrogens with zero attached hydrogens (tertiary/aromatic N) is 1. The van der Waals surface area contributed by atoms with E-state index in [2.05, 4.69) is 26.0 Å². The molecule has 1 amide bonds. The van der Waals surface area contributed by atoms with Gasteiger partial charge in [-0.25, -0.2) is 4.79 Å². The molecular weight excluding hydrogens is 382 g/mol. The van der Waals surface area contributed by atoms with Crippen molar-refractivity contribution >= 4 is 6.09 Å². The summed E-state index contributed by atoms with van der Waals surface area (Å²) in [5.74, 6) is 0. The molecule has 0 aliphatic rings. The SMILES string of the molecule is CCCCCCCC/C=C\CCCCCCCCN(CCCCCCCCC)C(=O)O. The normalized spacial score (nSPS) is 11.4. The Morgan fingerprint density at radius 1 is 0.548 bits per heavy atom. The first-order valence-corrected chi connectivity index (χ1v) is 13.8. The van der Waals surface area contributed by atoms with Crippen LogP contribution in [0.5, 0.6) is 0 Å². The fraction of sp³-hybridized carbons (Fsp3) is 0.893. The van der Waals surface area contributed by atoms with Crippen molar-refractivity contribution in [1.82, 2.24) is 4.90 Å². The third-order valence-corrected chi connectivity index (χ3v) is 6.24. The maximum absolute atomic E-state index is 11.4. The highest BCUT2D eigenvalue weighted by Gasteiger charge is 2.10. The molecule has 0 atom stereocenters. The molecule has 0 bridgehead atoms. The molecule has 0 aromatic rings. The topological polar surface area (TPSA) is 40.5 Å². The monoisotopic (exact) mass is 437 g/mol. The molecule has 31 heavy (non-hydrogen) atoms. The Morgan fingerprint density at radius 3 is 1.23 bits per heavy atom. The predicted octanol–water partition coefficient (Wildman–Crippen LogP) is 9.75. The molecule has 184 valence electrons. The molecule has 0 aliphatic heterocycles. The zero-order valence-corrected chi connectivity index (χ0v) is 21.2. The van der Waals surface area contributed by atoms with Gasteiger partial charge in [0.15, 0.2) is 0 Å². The molecule has 3 heteroatoms. The van der Waals surface area contributed by atoms with Gasteiger partial charge in [-0.3, -0.25) is 0 Å². The summed E-state index contributed by atoms with van der Waals surface area (Å²) in [5, 5.41) is 9.39. The number of carboxylic acid groups (broad SMARTS) is 1. The molecule has 0 aromatic carbocycles. The molecule has 0 rings (SSSR count). The third kappa shape index (κ3) is 23.5. The highest BCUT2D eigenvalue weighted by atomic mass is 16.4. The molecule has 0 radical (unpaired) electrons. The van der Waals surface area contributed by atoms with Crippen LogP contribution in [0.25, 0.3) is 0 Å². The number of rotatable bonds is 24. The first-order valence-electron chi connectivity index (χ1n) is 13.8. The van der Waals surface area contributed by atoms with Gasteiger partial charge in [-0.2, -0.15) is 0 Å². The van der Waals surface area contributed by atoms with Crippen molar-refractivity contribution in [2.24, 2.45) is 0 Å². The Balaban J connectivity index is 3.44. The van der Waals surface area contributed by atoms with Gasteiger partial charge in [0.1, 0.15) is 0 Å². The quantitative estimate of drug-likeness (QED) is 0.120. The molecule has 0 heterocycles. The van der Waals surface area contributed by atoms with E-state index in [1.54, 1.807) is 4.90 Å². The molecule has 0 aromatic heterocycles. The van der Waals surface area contributed by atoms with Crippen molar-refractivity contribution in [1.29, 1.82) is 0 Å². The Labute approximate surface area is 195 Å². The number of hydrogen-bond donors (Lipinski definition) is 1. The van der Waals surface area contributed by atoms with Gasteiger partial charge in [0.25, 0.3) is 0 Å². The van der Waals surface area contributed by atoms with Crippen molar-refractivity contribution < 1.29 is 9.90 Å². The first kappa shape index (κ1) is 30.0. The maximum atomic E-state index is 11.4. The summed E-state index contributed by atoms with van der Waals surface area (Å²) in [6.45, 7) is 5.94. The standard InChI is InChI=1S/C28H55NO2/c1-3-5-7-9-11-12-13-14-15-16-17-18-19-21-23-25-27-29(28(30)31)26-24-22-20-10-8-6-4-2/h14-15H,3-13,16-27H2,1-2H3,(H,30,31)/b15-14-. The number of hydrogen-bond acceptors (Lipinski definition) is 1. The lowest BCUT2D eigenvalue weighted by atomic mass is 10.1. The molecule has 3 nitrogen and oxygen atoms in total. The Morgan fingerprint density at radius 2 is 0.871 bits per heavy atom. The minimum Gasteiger partial charge on any atom is -0.465 e. The van der Waals surface area contributed by atoms with Crippen LogP contribution in [0.1, 0.15) is 149 Å². The molecule has 1 N–H and O–H groups in total. The van der Waals surface area contributed by atoms with E-state index in [1.165, 1.54) is 116 Å². The summed E-state index contributed by atoms with van der Waals surface area (Å²) in [7, 11) is 0. The van der Waals surface area contributed by atoms with Crippen LogP contribution < -0.4 is 0 Å². The lowest BCUT2D eigenvalue weighted by Crippen LogP contribution is -2.31. The van der Waals surface area contributed by atoms with E-state index in [-0.39, 0.29) is 0 Å². The second-order valence-corrected chi connectivity index (χ2v) is 9.33. The van der Waals surface area contributed by atoms with Crippen LogP contribution in [-0.4, -0.2) is 29.2 Å².